The van der Waals surface area contributed by atoms with Crippen LogP contribution < -0.4 is 10.6 Å². The van der Waals surface area contributed by atoms with Gasteiger partial charge in [-0.25, -0.2) is 9.18 Å². The maximum absolute atomic E-state index is 13.4. The first-order chi connectivity index (χ1) is 11.1. The van der Waals surface area contributed by atoms with Crippen LogP contribution >= 0.6 is 0 Å². The van der Waals surface area contributed by atoms with E-state index in [1.165, 1.54) is 13.2 Å². The predicted molar refractivity (Wildman–Crippen MR) is 84.5 cm³/mol. The lowest BCUT2D eigenvalue weighted by molar-refractivity contribution is -0.115. The van der Waals surface area contributed by atoms with Crippen LogP contribution in [0.1, 0.15) is 15.9 Å². The average molecular weight is 316 g/mol. The largest absolute Gasteiger partial charge is 0.465 e. The maximum atomic E-state index is 13.4. The van der Waals surface area contributed by atoms with E-state index in [4.69, 9.17) is 0 Å². The van der Waals surface area contributed by atoms with Gasteiger partial charge in [0.15, 0.2) is 0 Å². The summed E-state index contributed by atoms with van der Waals surface area (Å²) in [5, 5.41) is 5.55. The topological polar surface area (TPSA) is 67.4 Å². The molecule has 0 aliphatic rings. The van der Waals surface area contributed by atoms with Gasteiger partial charge in [-0.1, -0.05) is 18.2 Å². The van der Waals surface area contributed by atoms with Gasteiger partial charge in [0.25, 0.3) is 0 Å². The van der Waals surface area contributed by atoms with Crippen molar-refractivity contribution >= 4 is 17.6 Å². The molecule has 120 valence electrons. The lowest BCUT2D eigenvalue weighted by Gasteiger charge is -2.08. The summed E-state index contributed by atoms with van der Waals surface area (Å²) in [6.07, 6.45) is 0. The van der Waals surface area contributed by atoms with Gasteiger partial charge in [0.05, 0.1) is 19.2 Å². The number of benzene rings is 2. The van der Waals surface area contributed by atoms with Crippen molar-refractivity contribution in [1.29, 1.82) is 0 Å². The maximum Gasteiger partial charge on any atom is 0.337 e. The molecule has 0 saturated carbocycles. The highest BCUT2D eigenvalue weighted by atomic mass is 19.1. The average Bonchev–Trinajstić information content (AvgIpc) is 2.56. The molecule has 0 bridgehead atoms. The number of anilines is 1. The van der Waals surface area contributed by atoms with Gasteiger partial charge in [0.1, 0.15) is 5.82 Å². The van der Waals surface area contributed by atoms with Crippen LogP contribution in [0.3, 0.4) is 0 Å². The SMILES string of the molecule is COC(=O)c1ccc(NC(=O)CNCc2ccccc2F)cc1. The van der Waals surface area contributed by atoms with Gasteiger partial charge < -0.3 is 15.4 Å². The molecule has 2 aromatic carbocycles. The van der Waals surface area contributed by atoms with Crippen molar-refractivity contribution in [1.82, 2.24) is 5.32 Å². The Bertz CT molecular complexity index is 686. The standard InChI is InChI=1S/C17H17FN2O3/c1-23-17(22)12-6-8-14(9-7-12)20-16(21)11-19-10-13-4-2-3-5-15(13)18/h2-9,19H,10-11H2,1H3,(H,20,21). The first kappa shape index (κ1) is 16.6. The minimum Gasteiger partial charge on any atom is -0.465 e. The molecule has 0 saturated heterocycles. The van der Waals surface area contributed by atoms with E-state index in [-0.39, 0.29) is 24.8 Å². The molecule has 0 atom stereocenters. The molecule has 2 aromatic rings. The third-order valence-electron chi connectivity index (χ3n) is 3.15. The van der Waals surface area contributed by atoms with Crippen molar-refractivity contribution < 1.29 is 18.7 Å². The number of halogens is 1. The fraction of sp³-hybridized carbons (Fsp3) is 0.176. The quantitative estimate of drug-likeness (QED) is 0.803. The van der Waals surface area contributed by atoms with Crippen molar-refractivity contribution in [2.24, 2.45) is 0 Å². The van der Waals surface area contributed by atoms with E-state index in [0.717, 1.165) is 0 Å². The van der Waals surface area contributed by atoms with Crippen LogP contribution in [0, 0.1) is 5.82 Å². The second-order valence-corrected chi connectivity index (χ2v) is 4.81. The summed E-state index contributed by atoms with van der Waals surface area (Å²) in [5.41, 5.74) is 1.47. The molecule has 0 aliphatic carbocycles. The van der Waals surface area contributed by atoms with E-state index in [9.17, 15) is 14.0 Å². The molecule has 0 aliphatic heterocycles. The van der Waals surface area contributed by atoms with Crippen LogP contribution in [0.2, 0.25) is 0 Å². The predicted octanol–water partition coefficient (Wildman–Crippen LogP) is 2.34. The summed E-state index contributed by atoms with van der Waals surface area (Å²) in [6, 6.07) is 12.7. The van der Waals surface area contributed by atoms with Gasteiger partial charge in [0, 0.05) is 17.8 Å². The molecule has 23 heavy (non-hydrogen) atoms. The van der Waals surface area contributed by atoms with E-state index in [2.05, 4.69) is 15.4 Å². The Hall–Kier alpha value is -2.73. The number of ether oxygens (including phenoxy) is 1. The molecule has 2 rings (SSSR count). The molecule has 0 unspecified atom stereocenters. The zero-order valence-electron chi connectivity index (χ0n) is 12.6. The summed E-state index contributed by atoms with van der Waals surface area (Å²) < 4.78 is 18.0. The number of carbonyl (C=O) groups excluding carboxylic acids is 2. The molecule has 1 amide bonds. The van der Waals surface area contributed by atoms with Crippen molar-refractivity contribution in [3.05, 3.63) is 65.5 Å². The van der Waals surface area contributed by atoms with Gasteiger partial charge >= 0.3 is 5.97 Å². The summed E-state index contributed by atoms with van der Waals surface area (Å²) in [5.74, 6) is -1.000. The molecule has 0 fully saturated rings. The molecule has 2 N–H and O–H groups in total. The Morgan fingerprint density at radius 3 is 2.43 bits per heavy atom. The van der Waals surface area contributed by atoms with E-state index in [1.807, 2.05) is 0 Å². The fourth-order valence-corrected chi connectivity index (χ4v) is 1.97. The Morgan fingerprint density at radius 2 is 1.78 bits per heavy atom. The number of amides is 1. The summed E-state index contributed by atoms with van der Waals surface area (Å²) in [4.78, 5) is 23.1. The first-order valence-corrected chi connectivity index (χ1v) is 7.02. The van der Waals surface area contributed by atoms with Crippen LogP contribution in [0.15, 0.2) is 48.5 Å². The first-order valence-electron chi connectivity index (χ1n) is 7.02. The monoisotopic (exact) mass is 316 g/mol. The van der Waals surface area contributed by atoms with Crippen LogP contribution in [-0.4, -0.2) is 25.5 Å². The molecule has 0 radical (unpaired) electrons. The number of methoxy groups -OCH3 is 1. The molecule has 5 nitrogen and oxygen atoms in total. The Labute approximate surface area is 133 Å². The number of hydrogen-bond acceptors (Lipinski definition) is 4. The molecule has 6 heteroatoms. The van der Waals surface area contributed by atoms with Crippen LogP contribution in [-0.2, 0) is 16.1 Å². The van der Waals surface area contributed by atoms with Crippen molar-refractivity contribution in [2.75, 3.05) is 19.0 Å². The highest BCUT2D eigenvalue weighted by Gasteiger charge is 2.07. The molecule has 0 spiro atoms. The van der Waals surface area contributed by atoms with Crippen LogP contribution in [0.5, 0.6) is 0 Å². The lowest BCUT2D eigenvalue weighted by Crippen LogP contribution is -2.28. The van der Waals surface area contributed by atoms with Crippen molar-refractivity contribution in [3.63, 3.8) is 0 Å². The van der Waals surface area contributed by atoms with Gasteiger partial charge in [-0.3, -0.25) is 4.79 Å². The van der Waals surface area contributed by atoms with Crippen molar-refractivity contribution in [3.8, 4) is 0 Å². The van der Waals surface area contributed by atoms with Crippen LogP contribution in [0.4, 0.5) is 10.1 Å². The Morgan fingerprint density at radius 1 is 1.09 bits per heavy atom. The van der Waals surface area contributed by atoms with Gasteiger partial charge in [-0.2, -0.15) is 0 Å². The lowest BCUT2D eigenvalue weighted by atomic mass is 10.2. The third kappa shape index (κ3) is 4.89. The van der Waals surface area contributed by atoms with E-state index in [0.29, 0.717) is 16.8 Å². The number of carbonyl (C=O) groups is 2. The number of hydrogen-bond donors (Lipinski definition) is 2. The second kappa shape index (κ2) is 8.05. The van der Waals surface area contributed by atoms with E-state index >= 15 is 0 Å². The van der Waals surface area contributed by atoms with Gasteiger partial charge in [0.2, 0.25) is 5.91 Å². The number of rotatable bonds is 6. The van der Waals surface area contributed by atoms with E-state index < -0.39 is 5.97 Å². The molecule has 0 heterocycles. The third-order valence-corrected chi connectivity index (χ3v) is 3.15. The molecule has 0 aromatic heterocycles. The minimum absolute atomic E-state index is 0.0487. The van der Waals surface area contributed by atoms with Gasteiger partial charge in [-0.05, 0) is 30.3 Å². The van der Waals surface area contributed by atoms with Crippen molar-refractivity contribution in [2.45, 2.75) is 6.54 Å². The Kier molecular flexibility index (Phi) is 5.82. The van der Waals surface area contributed by atoms with E-state index in [1.54, 1.807) is 42.5 Å². The number of nitrogens with one attached hydrogen (secondary N) is 2. The smallest absolute Gasteiger partial charge is 0.337 e. The molecular formula is C17H17FN2O3. The van der Waals surface area contributed by atoms with Crippen LogP contribution in [0.25, 0.3) is 0 Å². The van der Waals surface area contributed by atoms with Gasteiger partial charge in [-0.15, -0.1) is 0 Å². The summed E-state index contributed by atoms with van der Waals surface area (Å²) in [6.45, 7) is 0.314. The zero-order valence-corrected chi connectivity index (χ0v) is 12.6. The Balaban J connectivity index is 1.81. The normalized spacial score (nSPS) is 10.2. The summed E-state index contributed by atoms with van der Waals surface area (Å²) in [7, 11) is 1.30. The molecular weight excluding hydrogens is 299 g/mol. The fourth-order valence-electron chi connectivity index (χ4n) is 1.97. The number of esters is 1. The highest BCUT2D eigenvalue weighted by Crippen LogP contribution is 2.10. The minimum atomic E-state index is -0.436. The highest BCUT2D eigenvalue weighted by molar-refractivity contribution is 5.93. The summed E-state index contributed by atoms with van der Waals surface area (Å²) >= 11 is 0. The zero-order chi connectivity index (χ0) is 16.7. The second-order valence-electron chi connectivity index (χ2n) is 4.81.